The van der Waals surface area contributed by atoms with Crippen LogP contribution in [0, 0.1) is 22.7 Å². The lowest BCUT2D eigenvalue weighted by Crippen LogP contribution is -2.57. The minimum atomic E-state index is -1.46. The van der Waals surface area contributed by atoms with Gasteiger partial charge in [-0.2, -0.15) is 0 Å². The molecule has 1 aromatic carbocycles. The molecule has 2 bridgehead atoms. The van der Waals surface area contributed by atoms with E-state index < -0.39 is 30.1 Å². The first-order chi connectivity index (χ1) is 19.4. The third-order valence-corrected chi connectivity index (χ3v) is 10.9. The van der Waals surface area contributed by atoms with Gasteiger partial charge in [0.1, 0.15) is 24.3 Å². The summed E-state index contributed by atoms with van der Waals surface area (Å²) >= 11 is 0. The van der Waals surface area contributed by atoms with Crippen LogP contribution in [0.2, 0.25) is 0 Å². The van der Waals surface area contributed by atoms with E-state index in [0.717, 1.165) is 51.4 Å². The summed E-state index contributed by atoms with van der Waals surface area (Å²) in [7, 11) is 0. The highest BCUT2D eigenvalue weighted by molar-refractivity contribution is 5.93. The summed E-state index contributed by atoms with van der Waals surface area (Å²) in [6, 6.07) is 2.38. The normalized spacial score (nSPS) is 30.2. The van der Waals surface area contributed by atoms with Crippen molar-refractivity contribution in [3.63, 3.8) is 0 Å². The van der Waals surface area contributed by atoms with Crippen LogP contribution in [0.1, 0.15) is 77.7 Å². The summed E-state index contributed by atoms with van der Waals surface area (Å²) in [5.41, 5.74) is 0.468. The Morgan fingerprint density at radius 3 is 2.44 bits per heavy atom. The molecule has 6 atom stereocenters. The predicted octanol–water partition coefficient (Wildman–Crippen LogP) is 3.59. The molecule has 0 saturated heterocycles. The summed E-state index contributed by atoms with van der Waals surface area (Å²) in [5, 5.41) is 32.8. The number of phenolic OH excluding ortho intramolecular Hbond substituents is 2. The molecule has 0 aromatic heterocycles. The van der Waals surface area contributed by atoms with Crippen molar-refractivity contribution in [2.75, 3.05) is 6.54 Å². The van der Waals surface area contributed by atoms with Gasteiger partial charge in [0.25, 0.3) is 0 Å². The summed E-state index contributed by atoms with van der Waals surface area (Å²) in [4.78, 5) is 42.1. The molecule has 1 heterocycles. The van der Waals surface area contributed by atoms with Gasteiger partial charge in [0.2, 0.25) is 11.8 Å². The van der Waals surface area contributed by atoms with Crippen molar-refractivity contribution in [2.24, 2.45) is 22.7 Å². The minimum absolute atomic E-state index is 0.0898. The van der Waals surface area contributed by atoms with Crippen LogP contribution in [0.25, 0.3) is 0 Å². The average molecular weight is 569 g/mol. The topological polar surface area (TPSA) is 136 Å². The second-order valence-electron chi connectivity index (χ2n) is 13.3. The molecule has 3 saturated carbocycles. The summed E-state index contributed by atoms with van der Waals surface area (Å²) < 4.78 is 6.13. The van der Waals surface area contributed by atoms with Crippen molar-refractivity contribution in [3.05, 3.63) is 35.9 Å². The highest BCUT2D eigenvalue weighted by Crippen LogP contribution is 2.66. The Balaban J connectivity index is 1.28. The van der Waals surface area contributed by atoms with Gasteiger partial charge in [-0.1, -0.05) is 58.3 Å². The molecule has 3 aliphatic carbocycles. The molecule has 5 rings (SSSR count). The summed E-state index contributed by atoms with van der Waals surface area (Å²) in [6.07, 6.45) is 9.28. The van der Waals surface area contributed by atoms with E-state index in [1.54, 1.807) is 12.2 Å². The lowest BCUT2D eigenvalue weighted by Gasteiger charge is -2.39. The van der Waals surface area contributed by atoms with Crippen LogP contribution in [0.3, 0.4) is 0 Å². The SMILES string of the molecule is CC1(C)C2CCC1(C)[C@H](OC(=O)C1C=CCN1C(=O)C(NC(=O)C(O)Cc1ccc(O)c(O)c1)C1CCCCC1)C2. The number of amides is 2. The fraction of sp³-hybridized carbons (Fsp3) is 0.656. The van der Waals surface area contributed by atoms with E-state index in [1.807, 2.05) is 0 Å². The van der Waals surface area contributed by atoms with E-state index in [0.29, 0.717) is 11.5 Å². The van der Waals surface area contributed by atoms with Crippen LogP contribution >= 0.6 is 0 Å². The van der Waals surface area contributed by atoms with E-state index in [9.17, 15) is 29.7 Å². The Hall–Kier alpha value is -3.07. The number of hydrogen-bond donors (Lipinski definition) is 4. The molecule has 9 nitrogen and oxygen atoms in total. The summed E-state index contributed by atoms with van der Waals surface area (Å²) in [5.74, 6) is -1.68. The molecule has 1 aliphatic heterocycles. The van der Waals surface area contributed by atoms with Gasteiger partial charge in [-0.15, -0.1) is 0 Å². The third-order valence-electron chi connectivity index (χ3n) is 10.9. The molecule has 9 heteroatoms. The lowest BCUT2D eigenvalue weighted by atomic mass is 9.70. The van der Waals surface area contributed by atoms with Crippen molar-refractivity contribution in [2.45, 2.75) is 103 Å². The van der Waals surface area contributed by atoms with Crippen LogP contribution in [-0.2, 0) is 25.5 Å². The van der Waals surface area contributed by atoms with Crippen molar-refractivity contribution in [1.29, 1.82) is 0 Å². The predicted molar refractivity (Wildman–Crippen MR) is 152 cm³/mol. The van der Waals surface area contributed by atoms with Crippen molar-refractivity contribution in [1.82, 2.24) is 10.2 Å². The van der Waals surface area contributed by atoms with Gasteiger partial charge in [0.05, 0.1) is 0 Å². The number of ether oxygens (including phenoxy) is 1. The first-order valence-electron chi connectivity index (χ1n) is 15.1. The Morgan fingerprint density at radius 2 is 1.80 bits per heavy atom. The van der Waals surface area contributed by atoms with Gasteiger partial charge >= 0.3 is 5.97 Å². The number of carbonyl (C=O) groups excluding carboxylic acids is 3. The number of rotatable bonds is 8. The molecule has 224 valence electrons. The Labute approximate surface area is 241 Å². The molecular formula is C32H44N2O7. The molecule has 4 aliphatic rings. The first-order valence-corrected chi connectivity index (χ1v) is 15.1. The van der Waals surface area contributed by atoms with E-state index >= 15 is 0 Å². The van der Waals surface area contributed by atoms with Crippen molar-refractivity contribution >= 4 is 17.8 Å². The van der Waals surface area contributed by atoms with Gasteiger partial charge in [0.15, 0.2) is 11.5 Å². The average Bonchev–Trinajstić information content (AvgIpc) is 3.57. The van der Waals surface area contributed by atoms with Crippen LogP contribution in [-0.4, -0.2) is 68.8 Å². The second-order valence-corrected chi connectivity index (χ2v) is 13.3. The molecule has 41 heavy (non-hydrogen) atoms. The van der Waals surface area contributed by atoms with Gasteiger partial charge in [0, 0.05) is 18.4 Å². The number of hydrogen-bond acceptors (Lipinski definition) is 7. The zero-order valence-electron chi connectivity index (χ0n) is 24.3. The van der Waals surface area contributed by atoms with E-state index in [4.69, 9.17) is 4.74 Å². The number of aromatic hydroxyl groups is 2. The molecule has 4 N–H and O–H groups in total. The molecule has 2 amide bonds. The quantitative estimate of drug-likeness (QED) is 0.214. The maximum atomic E-state index is 14.0. The maximum absolute atomic E-state index is 14.0. The van der Waals surface area contributed by atoms with Crippen LogP contribution in [0.5, 0.6) is 11.5 Å². The Kier molecular flexibility index (Phi) is 8.12. The van der Waals surface area contributed by atoms with Crippen LogP contribution in [0.4, 0.5) is 0 Å². The number of benzene rings is 1. The summed E-state index contributed by atoms with van der Waals surface area (Å²) in [6.45, 7) is 6.99. The van der Waals surface area contributed by atoms with Gasteiger partial charge < -0.3 is 30.3 Å². The van der Waals surface area contributed by atoms with Crippen LogP contribution in [0.15, 0.2) is 30.4 Å². The number of carbonyl (C=O) groups is 3. The molecule has 0 radical (unpaired) electrons. The Bertz CT molecular complexity index is 1210. The number of esters is 1. The molecule has 3 fully saturated rings. The first kappa shape index (κ1) is 29.4. The molecule has 5 unspecified atom stereocenters. The number of fused-ring (bicyclic) bond motifs is 2. The maximum Gasteiger partial charge on any atom is 0.333 e. The third kappa shape index (κ3) is 5.45. The fourth-order valence-electron chi connectivity index (χ4n) is 7.76. The minimum Gasteiger partial charge on any atom is -0.504 e. The zero-order valence-corrected chi connectivity index (χ0v) is 24.3. The number of aliphatic hydroxyl groups excluding tert-OH is 1. The highest BCUT2D eigenvalue weighted by Gasteiger charge is 2.63. The van der Waals surface area contributed by atoms with Crippen molar-refractivity contribution < 1.29 is 34.4 Å². The highest BCUT2D eigenvalue weighted by atomic mass is 16.5. The van der Waals surface area contributed by atoms with Gasteiger partial charge in [-0.3, -0.25) is 9.59 Å². The number of aliphatic hydroxyl groups is 1. The fourth-order valence-corrected chi connectivity index (χ4v) is 7.76. The molecule has 1 aromatic rings. The monoisotopic (exact) mass is 568 g/mol. The second kappa shape index (κ2) is 11.3. The van der Waals surface area contributed by atoms with Crippen LogP contribution < -0.4 is 5.32 Å². The van der Waals surface area contributed by atoms with Gasteiger partial charge in [-0.25, -0.2) is 4.79 Å². The Morgan fingerprint density at radius 1 is 1.07 bits per heavy atom. The van der Waals surface area contributed by atoms with E-state index in [1.165, 1.54) is 23.1 Å². The van der Waals surface area contributed by atoms with E-state index in [-0.39, 0.29) is 53.2 Å². The largest absolute Gasteiger partial charge is 0.504 e. The zero-order chi connectivity index (χ0) is 29.5. The van der Waals surface area contributed by atoms with Crippen molar-refractivity contribution in [3.8, 4) is 11.5 Å². The number of phenols is 2. The lowest BCUT2D eigenvalue weighted by molar-refractivity contribution is -0.164. The van der Waals surface area contributed by atoms with E-state index in [2.05, 4.69) is 26.1 Å². The molecular weight excluding hydrogens is 524 g/mol. The number of nitrogens with zero attached hydrogens (tertiary/aromatic N) is 1. The number of nitrogens with one attached hydrogen (secondary N) is 1. The standard InChI is InChI=1S/C32H44N2O7/c1-31(2)21-13-14-32(31,3)26(18-21)41-30(40)22-10-7-15-34(22)29(39)27(20-8-5-4-6-9-20)33-28(38)25(37)17-19-11-12-23(35)24(36)16-19/h7,10-12,16,20-22,25-27,35-37H,4-6,8-9,13-15,17-18H2,1-3H3,(H,33,38)/t21?,22?,25?,26-,27?,32?/m1/s1. The molecule has 0 spiro atoms. The smallest absolute Gasteiger partial charge is 0.333 e. The van der Waals surface area contributed by atoms with Gasteiger partial charge in [-0.05, 0) is 67.1 Å².